The normalized spacial score (nSPS) is 47.5. The monoisotopic (exact) mass is 495 g/mol. The average Bonchev–Trinajstić information content (AvgIpc) is 3.49. The highest BCUT2D eigenvalue weighted by Gasteiger charge is 2.76. The fourth-order valence-electron chi connectivity index (χ4n) is 9.17. The van der Waals surface area contributed by atoms with E-state index in [1.165, 1.54) is 5.57 Å². The van der Waals surface area contributed by atoms with Crippen molar-refractivity contribution in [3.05, 3.63) is 29.8 Å². The summed E-state index contributed by atoms with van der Waals surface area (Å²) in [7, 11) is 3.90. The van der Waals surface area contributed by atoms with Crippen molar-refractivity contribution in [1.82, 2.24) is 9.88 Å². The molecule has 7 rings (SSSR count). The Kier molecular flexibility index (Phi) is 4.58. The van der Waals surface area contributed by atoms with Gasteiger partial charge >= 0.3 is 0 Å². The highest BCUT2D eigenvalue weighted by molar-refractivity contribution is 5.82. The first-order valence-electron chi connectivity index (χ1n) is 13.3. The Bertz CT molecular complexity index is 1280. The predicted molar refractivity (Wildman–Crippen MR) is 135 cm³/mol. The molecule has 1 aromatic carbocycles. The number of aliphatic hydroxyl groups is 3. The summed E-state index contributed by atoms with van der Waals surface area (Å²) >= 11 is 0. The number of nitrogens with two attached hydrogens (primary N) is 1. The molecule has 4 fully saturated rings. The van der Waals surface area contributed by atoms with Crippen molar-refractivity contribution in [2.24, 2.45) is 17.3 Å². The van der Waals surface area contributed by atoms with Crippen LogP contribution in [0.5, 0.6) is 0 Å². The van der Waals surface area contributed by atoms with Gasteiger partial charge in [-0.15, -0.1) is 0 Å². The van der Waals surface area contributed by atoms with E-state index in [4.69, 9.17) is 14.9 Å². The van der Waals surface area contributed by atoms with Crippen molar-refractivity contribution in [2.45, 2.75) is 86.9 Å². The number of allylic oxidation sites excluding steroid dienone is 2. The molecular weight excluding hydrogens is 458 g/mol. The third-order valence-electron chi connectivity index (χ3n) is 11.0. The number of ether oxygens (including phenoxy) is 1. The Morgan fingerprint density at radius 2 is 1.89 bits per heavy atom. The number of likely N-dealkylation sites (N-methyl/N-ethyl adjacent to an activating group) is 1. The molecule has 5 N–H and O–H groups in total. The maximum Gasteiger partial charge on any atom is 0.292 e. The molecular formula is C28H37N3O5. The van der Waals surface area contributed by atoms with Gasteiger partial charge in [0.15, 0.2) is 5.58 Å². The molecule has 194 valence electrons. The summed E-state index contributed by atoms with van der Waals surface area (Å²) in [6.07, 6.45) is 5.62. The summed E-state index contributed by atoms with van der Waals surface area (Å²) in [5, 5.41) is 34.4. The molecule has 8 heteroatoms. The summed E-state index contributed by atoms with van der Waals surface area (Å²) in [4.78, 5) is 6.34. The first kappa shape index (κ1) is 23.2. The van der Waals surface area contributed by atoms with Crippen LogP contribution in [0.1, 0.15) is 57.4 Å². The lowest BCUT2D eigenvalue weighted by atomic mass is 9.51. The number of aromatic nitrogens is 1. The summed E-state index contributed by atoms with van der Waals surface area (Å²) in [6, 6.07) is 6.07. The van der Waals surface area contributed by atoms with Crippen LogP contribution < -0.4 is 5.73 Å². The highest BCUT2D eigenvalue weighted by Crippen LogP contribution is 2.71. The molecule has 9 atom stereocenters. The van der Waals surface area contributed by atoms with E-state index in [0.717, 1.165) is 36.8 Å². The highest BCUT2D eigenvalue weighted by atomic mass is 16.6. The molecule has 0 radical (unpaired) electrons. The van der Waals surface area contributed by atoms with Gasteiger partial charge in [0.2, 0.25) is 0 Å². The van der Waals surface area contributed by atoms with Crippen molar-refractivity contribution in [2.75, 3.05) is 19.8 Å². The standard InChI is InChI=1S/C28H37N3O5/c1-25-8-10-27(34)13-17-22(32)23(33)19(31(2)3)14-26(17)9-11-28(27,36-26)21(25)7-5-16(25)15-4-6-20-18(12-15)30-24(29)35-20/h4-6,12,17,19,21-23,32-34H,7-11,13-14H2,1-3H3,(H2,29,30). The van der Waals surface area contributed by atoms with E-state index in [1.54, 1.807) is 0 Å². The van der Waals surface area contributed by atoms with Crippen LogP contribution in [0.2, 0.25) is 0 Å². The fourth-order valence-corrected chi connectivity index (χ4v) is 9.17. The van der Waals surface area contributed by atoms with E-state index in [0.29, 0.717) is 24.8 Å². The van der Waals surface area contributed by atoms with E-state index < -0.39 is 29.0 Å². The van der Waals surface area contributed by atoms with E-state index in [9.17, 15) is 15.3 Å². The fraction of sp³-hybridized carbons (Fsp3) is 0.679. The van der Waals surface area contributed by atoms with Crippen LogP contribution in [-0.2, 0) is 4.74 Å². The molecule has 2 aromatic rings. The molecule has 9 unspecified atom stereocenters. The Morgan fingerprint density at radius 3 is 2.67 bits per heavy atom. The van der Waals surface area contributed by atoms with Crippen molar-refractivity contribution < 1.29 is 24.5 Å². The van der Waals surface area contributed by atoms with Crippen molar-refractivity contribution in [3.63, 3.8) is 0 Å². The molecule has 2 bridgehead atoms. The average molecular weight is 496 g/mol. The Morgan fingerprint density at radius 1 is 1.08 bits per heavy atom. The Labute approximate surface area is 211 Å². The third kappa shape index (κ3) is 2.69. The van der Waals surface area contributed by atoms with Gasteiger partial charge in [0.25, 0.3) is 6.01 Å². The molecule has 8 nitrogen and oxygen atoms in total. The molecule has 1 aromatic heterocycles. The predicted octanol–water partition coefficient (Wildman–Crippen LogP) is 2.71. The molecule has 2 aliphatic heterocycles. The second-order valence-electron chi connectivity index (χ2n) is 12.7. The minimum absolute atomic E-state index is 0.138. The molecule has 3 aliphatic carbocycles. The lowest BCUT2D eigenvalue weighted by Crippen LogP contribution is -2.73. The summed E-state index contributed by atoms with van der Waals surface area (Å²) in [5.74, 6) is -0.124. The molecule has 2 saturated heterocycles. The van der Waals surface area contributed by atoms with E-state index in [2.05, 4.69) is 30.1 Å². The van der Waals surface area contributed by atoms with Gasteiger partial charge in [0.1, 0.15) is 11.1 Å². The van der Waals surface area contributed by atoms with E-state index in [-0.39, 0.29) is 29.3 Å². The van der Waals surface area contributed by atoms with E-state index in [1.807, 2.05) is 25.1 Å². The number of hydrogen-bond acceptors (Lipinski definition) is 8. The number of rotatable bonds is 2. The van der Waals surface area contributed by atoms with Crippen molar-refractivity contribution in [3.8, 4) is 0 Å². The zero-order chi connectivity index (χ0) is 25.3. The summed E-state index contributed by atoms with van der Waals surface area (Å²) in [5.41, 5.74) is 7.28. The second-order valence-corrected chi connectivity index (χ2v) is 12.7. The van der Waals surface area contributed by atoms with Crippen LogP contribution in [0, 0.1) is 17.3 Å². The lowest BCUT2D eigenvalue weighted by molar-refractivity contribution is -0.331. The van der Waals surface area contributed by atoms with Crippen LogP contribution in [0.15, 0.2) is 28.7 Å². The smallest absolute Gasteiger partial charge is 0.292 e. The lowest BCUT2D eigenvalue weighted by Gasteiger charge is -2.65. The zero-order valence-corrected chi connectivity index (χ0v) is 21.3. The van der Waals surface area contributed by atoms with Crippen molar-refractivity contribution >= 4 is 22.7 Å². The van der Waals surface area contributed by atoms with Gasteiger partial charge < -0.3 is 35.1 Å². The number of oxazole rings is 1. The molecule has 5 aliphatic rings. The Balaban J connectivity index is 1.27. The molecule has 2 spiro atoms. The first-order chi connectivity index (χ1) is 17.0. The van der Waals surface area contributed by atoms with Gasteiger partial charge in [-0.1, -0.05) is 19.1 Å². The number of nitrogens with zero attached hydrogens (tertiary/aromatic N) is 2. The number of nitrogen functional groups attached to an aromatic ring is 1. The maximum atomic E-state index is 12.3. The number of aliphatic hydroxyl groups excluding tert-OH is 2. The summed E-state index contributed by atoms with van der Waals surface area (Å²) in [6.45, 7) is 2.33. The third-order valence-corrected chi connectivity index (χ3v) is 11.0. The van der Waals surface area contributed by atoms with Crippen LogP contribution in [-0.4, -0.2) is 74.4 Å². The molecule has 36 heavy (non-hydrogen) atoms. The second kappa shape index (κ2) is 7.11. The van der Waals surface area contributed by atoms with Gasteiger partial charge in [0, 0.05) is 17.9 Å². The molecule has 3 heterocycles. The Hall–Kier alpha value is -1.97. The van der Waals surface area contributed by atoms with Gasteiger partial charge in [-0.2, -0.15) is 4.98 Å². The van der Waals surface area contributed by atoms with Crippen molar-refractivity contribution in [1.29, 1.82) is 0 Å². The minimum Gasteiger partial charge on any atom is -0.424 e. The van der Waals surface area contributed by atoms with Gasteiger partial charge in [-0.3, -0.25) is 0 Å². The molecule has 0 amide bonds. The summed E-state index contributed by atoms with van der Waals surface area (Å²) < 4.78 is 12.7. The SMILES string of the molecule is CN(C)C1CC23CCC4(O2)C2CC=C(c5ccc6oc(N)nc6c5)C2(C)CCC4(O)CC3C(O)C1O. The number of benzene rings is 1. The van der Waals surface area contributed by atoms with E-state index >= 15 is 0 Å². The van der Waals surface area contributed by atoms with Crippen LogP contribution in [0.4, 0.5) is 6.01 Å². The topological polar surface area (TPSA) is 125 Å². The molecule has 2 saturated carbocycles. The number of hydrogen-bond donors (Lipinski definition) is 4. The van der Waals surface area contributed by atoms with Crippen LogP contribution in [0.3, 0.4) is 0 Å². The zero-order valence-electron chi connectivity index (χ0n) is 21.3. The van der Waals surface area contributed by atoms with Gasteiger partial charge in [0.05, 0.1) is 23.4 Å². The van der Waals surface area contributed by atoms with Gasteiger partial charge in [-0.25, -0.2) is 0 Å². The quantitative estimate of drug-likeness (QED) is 0.501. The number of fused-ring (bicyclic) bond motifs is 2. The van der Waals surface area contributed by atoms with Crippen LogP contribution in [0.25, 0.3) is 16.7 Å². The minimum atomic E-state index is -1.01. The largest absolute Gasteiger partial charge is 0.424 e. The maximum absolute atomic E-state index is 12.3. The number of anilines is 1. The first-order valence-corrected chi connectivity index (χ1v) is 13.3. The van der Waals surface area contributed by atoms with Gasteiger partial charge in [-0.05, 0) is 87.7 Å². The van der Waals surface area contributed by atoms with Crippen LogP contribution >= 0.6 is 0 Å².